The third kappa shape index (κ3) is 8.52. The molecule has 0 aliphatic rings. The topological polar surface area (TPSA) is 88.1 Å². The first-order valence-electron chi connectivity index (χ1n) is 8.99. The van der Waals surface area contributed by atoms with Gasteiger partial charge in [-0.1, -0.05) is 0 Å². The van der Waals surface area contributed by atoms with Gasteiger partial charge < -0.3 is 9.47 Å². The van der Waals surface area contributed by atoms with Gasteiger partial charge in [0.25, 0.3) is 0 Å². The molecule has 0 bridgehead atoms. The van der Waals surface area contributed by atoms with Crippen LogP contribution in [-0.2, 0) is 19.2 Å². The van der Waals surface area contributed by atoms with Gasteiger partial charge in [0.05, 0.1) is 16.7 Å². The summed E-state index contributed by atoms with van der Waals surface area (Å²) >= 11 is 0. The van der Waals surface area contributed by atoms with Crippen LogP contribution in [0, 0.1) is 0 Å². The standard InChI is InChI=1S/C21H30O7/c1-19(2,3)25-16(22)13-10-14(17(23)26-20(4,5)6)12-15(11-13)18(24)27-28-21(7,8)9/h10-12H,1-9H3. The molecule has 0 radical (unpaired) electrons. The molecule has 0 spiro atoms. The van der Waals surface area contributed by atoms with Crippen LogP contribution in [0.25, 0.3) is 0 Å². The summed E-state index contributed by atoms with van der Waals surface area (Å²) in [5, 5.41) is 0. The van der Waals surface area contributed by atoms with Gasteiger partial charge >= 0.3 is 17.9 Å². The molecule has 0 aromatic heterocycles. The molecule has 0 atom stereocenters. The van der Waals surface area contributed by atoms with Crippen LogP contribution in [0.15, 0.2) is 18.2 Å². The number of benzene rings is 1. The molecule has 0 aliphatic heterocycles. The van der Waals surface area contributed by atoms with E-state index in [1.165, 1.54) is 18.2 Å². The highest BCUT2D eigenvalue weighted by Gasteiger charge is 2.25. The molecular weight excluding hydrogens is 364 g/mol. The first-order chi connectivity index (χ1) is 12.5. The van der Waals surface area contributed by atoms with Crippen LogP contribution in [0.2, 0.25) is 0 Å². The number of carbonyl (C=O) groups excluding carboxylic acids is 3. The van der Waals surface area contributed by atoms with Gasteiger partial charge in [0.15, 0.2) is 0 Å². The fraction of sp³-hybridized carbons (Fsp3) is 0.571. The minimum atomic E-state index is -0.842. The van der Waals surface area contributed by atoms with Crippen molar-refractivity contribution in [2.45, 2.75) is 79.1 Å². The van der Waals surface area contributed by atoms with Gasteiger partial charge in [-0.15, -0.1) is 0 Å². The summed E-state index contributed by atoms with van der Waals surface area (Å²) in [6.45, 7) is 15.4. The van der Waals surface area contributed by atoms with Gasteiger partial charge in [0, 0.05) is 0 Å². The molecule has 1 aromatic rings. The summed E-state index contributed by atoms with van der Waals surface area (Å²) in [5.41, 5.74) is -2.17. The lowest BCUT2D eigenvalue weighted by molar-refractivity contribution is -0.301. The SMILES string of the molecule is CC(C)(C)OOC(=O)c1cc(C(=O)OC(C)(C)C)cc(C(=O)OC(C)(C)C)c1. The maximum atomic E-state index is 12.5. The zero-order valence-corrected chi connectivity index (χ0v) is 18.1. The normalized spacial score (nSPS) is 12.3. The minimum absolute atomic E-state index is 0.0287. The van der Waals surface area contributed by atoms with E-state index in [0.29, 0.717) is 0 Å². The van der Waals surface area contributed by atoms with Crippen molar-refractivity contribution in [2.24, 2.45) is 0 Å². The second-order valence-electron chi connectivity index (χ2n) is 9.37. The lowest BCUT2D eigenvalue weighted by Crippen LogP contribution is -2.26. The molecule has 0 saturated carbocycles. The van der Waals surface area contributed by atoms with Gasteiger partial charge in [0.1, 0.15) is 16.8 Å². The van der Waals surface area contributed by atoms with Crippen LogP contribution in [0.1, 0.15) is 93.4 Å². The Labute approximate surface area is 166 Å². The van der Waals surface area contributed by atoms with Crippen LogP contribution in [0.3, 0.4) is 0 Å². The summed E-state index contributed by atoms with van der Waals surface area (Å²) in [7, 11) is 0. The van der Waals surface area contributed by atoms with Crippen molar-refractivity contribution in [2.75, 3.05) is 0 Å². The van der Waals surface area contributed by atoms with E-state index >= 15 is 0 Å². The highest BCUT2D eigenvalue weighted by atomic mass is 17.2. The number of hydrogen-bond acceptors (Lipinski definition) is 7. The summed E-state index contributed by atoms with van der Waals surface area (Å²) in [5.74, 6) is -2.20. The molecule has 0 saturated heterocycles. The Hall–Kier alpha value is -2.41. The third-order valence-electron chi connectivity index (χ3n) is 2.81. The van der Waals surface area contributed by atoms with E-state index in [1.54, 1.807) is 62.3 Å². The van der Waals surface area contributed by atoms with Crippen molar-refractivity contribution in [1.29, 1.82) is 0 Å². The Kier molecular flexibility index (Phi) is 7.01. The second kappa shape index (κ2) is 8.31. The quantitative estimate of drug-likeness (QED) is 0.422. The molecule has 7 nitrogen and oxygen atoms in total. The summed E-state index contributed by atoms with van der Waals surface area (Å²) in [4.78, 5) is 47.1. The Morgan fingerprint density at radius 3 is 1.18 bits per heavy atom. The van der Waals surface area contributed by atoms with Crippen LogP contribution in [-0.4, -0.2) is 34.7 Å². The fourth-order valence-corrected chi connectivity index (χ4v) is 1.87. The smallest absolute Gasteiger partial charge is 0.373 e. The molecule has 1 aromatic carbocycles. The van der Waals surface area contributed by atoms with Crippen LogP contribution >= 0.6 is 0 Å². The number of carbonyl (C=O) groups is 3. The van der Waals surface area contributed by atoms with E-state index in [4.69, 9.17) is 19.2 Å². The molecule has 28 heavy (non-hydrogen) atoms. The average Bonchev–Trinajstić information content (AvgIpc) is 2.48. The minimum Gasteiger partial charge on any atom is -0.456 e. The van der Waals surface area contributed by atoms with Crippen molar-refractivity contribution in [3.8, 4) is 0 Å². The molecule has 0 unspecified atom stereocenters. The van der Waals surface area contributed by atoms with Crippen molar-refractivity contribution in [3.63, 3.8) is 0 Å². The maximum absolute atomic E-state index is 12.5. The lowest BCUT2D eigenvalue weighted by atomic mass is 10.0. The molecule has 0 fully saturated rings. The average molecular weight is 394 g/mol. The molecule has 0 heterocycles. The van der Waals surface area contributed by atoms with E-state index in [0.717, 1.165) is 0 Å². The first-order valence-corrected chi connectivity index (χ1v) is 8.99. The molecule has 0 aliphatic carbocycles. The predicted molar refractivity (Wildman–Crippen MR) is 103 cm³/mol. The fourth-order valence-electron chi connectivity index (χ4n) is 1.87. The van der Waals surface area contributed by atoms with Gasteiger partial charge in [-0.05, 0) is 80.5 Å². The molecular formula is C21H30O7. The van der Waals surface area contributed by atoms with E-state index in [9.17, 15) is 14.4 Å². The van der Waals surface area contributed by atoms with Gasteiger partial charge in [-0.25, -0.2) is 14.4 Å². The van der Waals surface area contributed by atoms with Crippen LogP contribution in [0.5, 0.6) is 0 Å². The van der Waals surface area contributed by atoms with Crippen molar-refractivity contribution >= 4 is 17.9 Å². The zero-order valence-electron chi connectivity index (χ0n) is 18.1. The lowest BCUT2D eigenvalue weighted by Gasteiger charge is -2.21. The summed E-state index contributed by atoms with van der Waals surface area (Å²) in [6.07, 6.45) is 0. The van der Waals surface area contributed by atoms with E-state index in [-0.39, 0.29) is 16.7 Å². The molecule has 0 amide bonds. The monoisotopic (exact) mass is 394 g/mol. The number of ether oxygens (including phenoxy) is 2. The molecule has 7 heteroatoms. The first kappa shape index (κ1) is 23.6. The van der Waals surface area contributed by atoms with E-state index < -0.39 is 34.7 Å². The third-order valence-corrected chi connectivity index (χ3v) is 2.81. The zero-order chi connectivity index (χ0) is 21.9. The summed E-state index contributed by atoms with van der Waals surface area (Å²) in [6, 6.07) is 3.90. The predicted octanol–water partition coefficient (Wildman–Crippen LogP) is 4.48. The Bertz CT molecular complexity index is 697. The summed E-state index contributed by atoms with van der Waals surface area (Å²) < 4.78 is 10.7. The van der Waals surface area contributed by atoms with Gasteiger partial charge in [0.2, 0.25) is 0 Å². The van der Waals surface area contributed by atoms with Gasteiger partial charge in [-0.2, -0.15) is 4.89 Å². The molecule has 1 rings (SSSR count). The largest absolute Gasteiger partial charge is 0.456 e. The molecule has 0 N–H and O–H groups in total. The van der Waals surface area contributed by atoms with Gasteiger partial charge in [-0.3, -0.25) is 4.89 Å². The number of hydrogen-bond donors (Lipinski definition) is 0. The van der Waals surface area contributed by atoms with E-state index in [1.807, 2.05) is 0 Å². The Morgan fingerprint density at radius 2 is 0.893 bits per heavy atom. The van der Waals surface area contributed by atoms with Crippen LogP contribution < -0.4 is 0 Å². The van der Waals surface area contributed by atoms with Crippen molar-refractivity contribution < 1.29 is 33.6 Å². The van der Waals surface area contributed by atoms with Crippen molar-refractivity contribution in [1.82, 2.24) is 0 Å². The highest BCUT2D eigenvalue weighted by molar-refractivity contribution is 6.00. The number of rotatable bonds is 4. The highest BCUT2D eigenvalue weighted by Crippen LogP contribution is 2.20. The molecule has 156 valence electrons. The van der Waals surface area contributed by atoms with E-state index in [2.05, 4.69) is 0 Å². The second-order valence-corrected chi connectivity index (χ2v) is 9.37. The van der Waals surface area contributed by atoms with Crippen LogP contribution in [0.4, 0.5) is 0 Å². The number of esters is 2. The Morgan fingerprint density at radius 1 is 0.571 bits per heavy atom. The van der Waals surface area contributed by atoms with Crippen molar-refractivity contribution in [3.05, 3.63) is 34.9 Å². The Balaban J connectivity index is 3.29. The maximum Gasteiger partial charge on any atom is 0.373 e.